The van der Waals surface area contributed by atoms with Gasteiger partial charge >= 0.3 is 0 Å². The van der Waals surface area contributed by atoms with Crippen molar-refractivity contribution in [3.8, 4) is 0 Å². The molecular weight excluding hydrogens is 262 g/mol. The molecule has 0 saturated carbocycles. The summed E-state index contributed by atoms with van der Waals surface area (Å²) in [6.07, 6.45) is -1.99. The summed E-state index contributed by atoms with van der Waals surface area (Å²) in [5, 5.41) is 22.4. The predicted molar refractivity (Wildman–Crippen MR) is 72.4 cm³/mol. The fourth-order valence-corrected chi connectivity index (χ4v) is 1.72. The molecule has 1 aromatic rings. The molecule has 0 heterocycles. The van der Waals surface area contributed by atoms with Crippen LogP contribution in [0.25, 0.3) is 0 Å². The Morgan fingerprint density at radius 3 is 2.65 bits per heavy atom. The average molecular weight is 281 g/mol. The maximum Gasteiger partial charge on any atom is 0.265 e. The predicted octanol–water partition coefficient (Wildman–Crippen LogP) is -0.789. The van der Waals surface area contributed by atoms with Crippen molar-refractivity contribution in [2.75, 3.05) is 6.54 Å². The Balaban J connectivity index is 2.68. The largest absolute Gasteiger partial charge is 0.390 e. The molecule has 0 spiro atoms. The number of hydrogen-bond acceptors (Lipinski definition) is 5. The van der Waals surface area contributed by atoms with E-state index in [4.69, 9.17) is 5.84 Å². The molecule has 0 saturated heterocycles. The topological polar surface area (TPSA) is 125 Å². The van der Waals surface area contributed by atoms with Crippen LogP contribution in [0.4, 0.5) is 0 Å². The highest BCUT2D eigenvalue weighted by molar-refractivity contribution is 5.93. The SMILES string of the molecule is CC(=O)NCCC(O)C(O)c1cccc(C(=O)NN)c1. The summed E-state index contributed by atoms with van der Waals surface area (Å²) in [6.45, 7) is 1.63. The van der Waals surface area contributed by atoms with Gasteiger partial charge < -0.3 is 15.5 Å². The smallest absolute Gasteiger partial charge is 0.265 e. The summed E-state index contributed by atoms with van der Waals surface area (Å²) in [5.74, 6) is 4.35. The number of carbonyl (C=O) groups is 2. The number of benzene rings is 1. The van der Waals surface area contributed by atoms with Crippen molar-refractivity contribution in [2.24, 2.45) is 5.84 Å². The Kier molecular flexibility index (Phi) is 6.10. The maximum absolute atomic E-state index is 11.4. The number of nitrogen functional groups attached to an aromatic ring is 1. The van der Waals surface area contributed by atoms with Crippen LogP contribution in [0.3, 0.4) is 0 Å². The molecule has 110 valence electrons. The second kappa shape index (κ2) is 7.59. The standard InChI is InChI=1S/C13H19N3O4/c1-8(17)15-6-5-11(18)12(19)9-3-2-4-10(7-9)13(20)16-14/h2-4,7,11-12,18-19H,5-6,14H2,1H3,(H,15,17)(H,16,20). The highest BCUT2D eigenvalue weighted by Crippen LogP contribution is 2.19. The molecular formula is C13H19N3O4. The number of hydrazine groups is 1. The van der Waals surface area contributed by atoms with E-state index in [1.54, 1.807) is 18.2 Å². The first-order chi connectivity index (χ1) is 9.45. The van der Waals surface area contributed by atoms with Crippen molar-refractivity contribution >= 4 is 11.8 Å². The molecule has 0 aliphatic rings. The summed E-state index contributed by atoms with van der Waals surface area (Å²) < 4.78 is 0. The van der Waals surface area contributed by atoms with Crippen molar-refractivity contribution < 1.29 is 19.8 Å². The van der Waals surface area contributed by atoms with Gasteiger partial charge in [0.1, 0.15) is 6.10 Å². The molecule has 0 aliphatic carbocycles. The van der Waals surface area contributed by atoms with Crippen LogP contribution < -0.4 is 16.6 Å². The van der Waals surface area contributed by atoms with Crippen molar-refractivity contribution in [1.29, 1.82) is 0 Å². The van der Waals surface area contributed by atoms with Gasteiger partial charge in [-0.25, -0.2) is 5.84 Å². The highest BCUT2D eigenvalue weighted by atomic mass is 16.3. The summed E-state index contributed by atoms with van der Waals surface area (Å²) in [7, 11) is 0. The first kappa shape index (κ1) is 16.1. The van der Waals surface area contributed by atoms with Gasteiger partial charge in [0.05, 0.1) is 6.10 Å². The third kappa shape index (κ3) is 4.61. The van der Waals surface area contributed by atoms with Crippen LogP contribution in [0.2, 0.25) is 0 Å². The monoisotopic (exact) mass is 281 g/mol. The van der Waals surface area contributed by atoms with Gasteiger partial charge in [0.15, 0.2) is 0 Å². The Hall–Kier alpha value is -1.96. The normalized spacial score (nSPS) is 13.4. The molecule has 1 aromatic carbocycles. The lowest BCUT2D eigenvalue weighted by molar-refractivity contribution is -0.119. The number of hydrogen-bond donors (Lipinski definition) is 5. The lowest BCUT2D eigenvalue weighted by Gasteiger charge is -2.18. The first-order valence-corrected chi connectivity index (χ1v) is 6.17. The Bertz CT molecular complexity index is 478. The van der Waals surface area contributed by atoms with E-state index in [0.717, 1.165) is 0 Å². The number of nitrogens with one attached hydrogen (secondary N) is 2. The summed E-state index contributed by atoms with van der Waals surface area (Å²) in [4.78, 5) is 22.1. The Labute approximate surface area is 116 Å². The minimum atomic E-state index is -1.14. The van der Waals surface area contributed by atoms with Crippen LogP contribution in [0, 0.1) is 0 Å². The van der Waals surface area contributed by atoms with Gasteiger partial charge in [0.25, 0.3) is 5.91 Å². The molecule has 0 bridgehead atoms. The van der Waals surface area contributed by atoms with E-state index in [0.29, 0.717) is 5.56 Å². The fourth-order valence-electron chi connectivity index (χ4n) is 1.72. The Morgan fingerprint density at radius 2 is 2.05 bits per heavy atom. The zero-order valence-corrected chi connectivity index (χ0v) is 11.2. The Morgan fingerprint density at radius 1 is 1.35 bits per heavy atom. The molecule has 20 heavy (non-hydrogen) atoms. The minimum absolute atomic E-state index is 0.201. The van der Waals surface area contributed by atoms with E-state index in [2.05, 4.69) is 5.32 Å². The zero-order chi connectivity index (χ0) is 15.1. The van der Waals surface area contributed by atoms with Crippen molar-refractivity contribution in [2.45, 2.75) is 25.6 Å². The third-order valence-electron chi connectivity index (χ3n) is 2.80. The maximum atomic E-state index is 11.4. The summed E-state index contributed by atoms with van der Waals surface area (Å²) in [5.41, 5.74) is 2.69. The molecule has 7 heteroatoms. The van der Waals surface area contributed by atoms with Crippen molar-refractivity contribution in [3.05, 3.63) is 35.4 Å². The number of nitrogens with two attached hydrogens (primary N) is 1. The molecule has 2 atom stereocenters. The van der Waals surface area contributed by atoms with Crippen molar-refractivity contribution in [3.63, 3.8) is 0 Å². The molecule has 7 nitrogen and oxygen atoms in total. The lowest BCUT2D eigenvalue weighted by atomic mass is 10.00. The second-order valence-electron chi connectivity index (χ2n) is 4.38. The van der Waals surface area contributed by atoms with Crippen molar-refractivity contribution in [1.82, 2.24) is 10.7 Å². The van der Waals surface area contributed by atoms with Gasteiger partial charge in [-0.2, -0.15) is 0 Å². The molecule has 0 aromatic heterocycles. The number of amides is 2. The van der Waals surface area contributed by atoms with Gasteiger partial charge in [0, 0.05) is 19.0 Å². The molecule has 1 rings (SSSR count). The second-order valence-corrected chi connectivity index (χ2v) is 4.38. The zero-order valence-electron chi connectivity index (χ0n) is 11.2. The highest BCUT2D eigenvalue weighted by Gasteiger charge is 2.19. The fraction of sp³-hybridized carbons (Fsp3) is 0.385. The van der Waals surface area contributed by atoms with E-state index in [1.807, 2.05) is 5.43 Å². The van der Waals surface area contributed by atoms with Crippen LogP contribution in [0.5, 0.6) is 0 Å². The third-order valence-corrected chi connectivity index (χ3v) is 2.80. The molecule has 0 aliphatic heterocycles. The first-order valence-electron chi connectivity index (χ1n) is 6.17. The number of carbonyl (C=O) groups excluding carboxylic acids is 2. The molecule has 0 fully saturated rings. The van der Waals surface area contributed by atoms with Crippen LogP contribution in [-0.4, -0.2) is 34.7 Å². The van der Waals surface area contributed by atoms with Gasteiger partial charge in [0.2, 0.25) is 5.91 Å². The van der Waals surface area contributed by atoms with E-state index >= 15 is 0 Å². The van der Waals surface area contributed by atoms with Gasteiger partial charge in [-0.15, -0.1) is 0 Å². The summed E-state index contributed by atoms with van der Waals surface area (Å²) in [6, 6.07) is 6.18. The van der Waals surface area contributed by atoms with E-state index in [1.165, 1.54) is 13.0 Å². The molecule has 2 unspecified atom stereocenters. The van der Waals surface area contributed by atoms with E-state index in [-0.39, 0.29) is 24.4 Å². The van der Waals surface area contributed by atoms with Gasteiger partial charge in [-0.05, 0) is 24.1 Å². The average Bonchev–Trinajstić information content (AvgIpc) is 2.45. The van der Waals surface area contributed by atoms with Crippen LogP contribution >= 0.6 is 0 Å². The summed E-state index contributed by atoms with van der Waals surface area (Å²) >= 11 is 0. The van der Waals surface area contributed by atoms with Crippen LogP contribution in [0.15, 0.2) is 24.3 Å². The number of aliphatic hydroxyl groups excluding tert-OH is 2. The lowest BCUT2D eigenvalue weighted by Crippen LogP contribution is -2.30. The molecule has 0 radical (unpaired) electrons. The van der Waals surface area contributed by atoms with E-state index in [9.17, 15) is 19.8 Å². The molecule has 6 N–H and O–H groups in total. The van der Waals surface area contributed by atoms with Crippen LogP contribution in [0.1, 0.15) is 35.4 Å². The van der Waals surface area contributed by atoms with Gasteiger partial charge in [-0.1, -0.05) is 12.1 Å². The minimum Gasteiger partial charge on any atom is -0.390 e. The number of rotatable bonds is 6. The molecule has 2 amide bonds. The quantitative estimate of drug-likeness (QED) is 0.265. The van der Waals surface area contributed by atoms with Gasteiger partial charge in [-0.3, -0.25) is 15.0 Å². The van der Waals surface area contributed by atoms with Crippen LogP contribution in [-0.2, 0) is 4.79 Å². The number of aliphatic hydroxyl groups is 2. The van der Waals surface area contributed by atoms with E-state index < -0.39 is 18.1 Å².